The van der Waals surface area contributed by atoms with Crippen molar-refractivity contribution in [2.75, 3.05) is 18.6 Å². The monoisotopic (exact) mass is 558 g/mol. The number of fused-ring (bicyclic) bond motifs is 2. The smallest absolute Gasteiger partial charge is 0.264 e. The van der Waals surface area contributed by atoms with Crippen molar-refractivity contribution in [2.24, 2.45) is 15.4 Å². The van der Waals surface area contributed by atoms with Crippen molar-refractivity contribution in [1.29, 1.82) is 0 Å². The van der Waals surface area contributed by atoms with E-state index in [4.69, 9.17) is 9.84 Å². The number of anilines is 1. The van der Waals surface area contributed by atoms with Gasteiger partial charge in [0.05, 0.1) is 24.6 Å². The highest BCUT2D eigenvalue weighted by atomic mass is 16.5. The molecular formula is C32H26N6O4. The fourth-order valence-corrected chi connectivity index (χ4v) is 5.77. The van der Waals surface area contributed by atoms with Crippen LogP contribution in [0.15, 0.2) is 113 Å². The standard InChI is InChI=1S/C32H26N6O4/c1-42-25-15-13-21(14-16-25)27-18-26(23-12-11-20-7-5-6-8-22(20)17-23)34-38(27)28(39)19-36-30-29(33-35-36)31(40)37(32(30)41)24-9-3-2-4-10-24/h2-17,27,29-30H,18-19H2,1H3/t27-,29+,30+/m0/s1. The molecule has 10 heteroatoms. The molecule has 3 heterocycles. The Morgan fingerprint density at radius 3 is 2.38 bits per heavy atom. The van der Waals surface area contributed by atoms with Crippen LogP contribution >= 0.6 is 0 Å². The normalized spacial score (nSPS) is 21.3. The Labute approximate surface area is 241 Å². The third-order valence-corrected chi connectivity index (χ3v) is 7.92. The van der Waals surface area contributed by atoms with E-state index < -0.39 is 23.9 Å². The molecule has 0 aliphatic carbocycles. The fourth-order valence-electron chi connectivity index (χ4n) is 5.77. The van der Waals surface area contributed by atoms with Gasteiger partial charge in [-0.25, -0.2) is 9.91 Å². The van der Waals surface area contributed by atoms with Gasteiger partial charge in [-0.1, -0.05) is 72.0 Å². The maximum Gasteiger partial charge on any atom is 0.264 e. The predicted molar refractivity (Wildman–Crippen MR) is 156 cm³/mol. The summed E-state index contributed by atoms with van der Waals surface area (Å²) < 4.78 is 5.32. The van der Waals surface area contributed by atoms with E-state index in [0.717, 1.165) is 32.5 Å². The number of hydrazone groups is 1. The third-order valence-electron chi connectivity index (χ3n) is 7.92. The Bertz CT molecular complexity index is 1770. The van der Waals surface area contributed by atoms with Crippen LogP contribution in [-0.2, 0) is 14.4 Å². The van der Waals surface area contributed by atoms with Crippen LogP contribution in [0.5, 0.6) is 5.75 Å². The average Bonchev–Trinajstić information content (AvgIpc) is 3.72. The summed E-state index contributed by atoms with van der Waals surface area (Å²) in [5, 5.41) is 17.9. The molecule has 3 atom stereocenters. The van der Waals surface area contributed by atoms with Gasteiger partial charge < -0.3 is 4.74 Å². The number of hydrogen-bond donors (Lipinski definition) is 0. The van der Waals surface area contributed by atoms with Gasteiger partial charge in [0.2, 0.25) is 0 Å². The lowest BCUT2D eigenvalue weighted by molar-refractivity contribution is -0.135. The van der Waals surface area contributed by atoms with E-state index >= 15 is 0 Å². The van der Waals surface area contributed by atoms with Crippen molar-refractivity contribution in [1.82, 2.24) is 10.0 Å². The van der Waals surface area contributed by atoms with Gasteiger partial charge >= 0.3 is 0 Å². The predicted octanol–water partition coefficient (Wildman–Crippen LogP) is 4.52. The molecule has 10 nitrogen and oxygen atoms in total. The highest BCUT2D eigenvalue weighted by Crippen LogP contribution is 2.36. The lowest BCUT2D eigenvalue weighted by atomic mass is 9.97. The molecule has 0 spiro atoms. The molecule has 0 radical (unpaired) electrons. The summed E-state index contributed by atoms with van der Waals surface area (Å²) in [4.78, 5) is 41.4. The first-order valence-corrected chi connectivity index (χ1v) is 13.6. The van der Waals surface area contributed by atoms with E-state index in [0.29, 0.717) is 17.9 Å². The second-order valence-corrected chi connectivity index (χ2v) is 10.4. The molecule has 0 bridgehead atoms. The summed E-state index contributed by atoms with van der Waals surface area (Å²) >= 11 is 0. The van der Waals surface area contributed by atoms with Crippen LogP contribution in [-0.4, -0.2) is 59.2 Å². The number of nitrogens with zero attached hydrogens (tertiary/aromatic N) is 6. The van der Waals surface area contributed by atoms with Crippen molar-refractivity contribution >= 4 is 39.9 Å². The van der Waals surface area contributed by atoms with Crippen molar-refractivity contribution < 1.29 is 19.1 Å². The highest BCUT2D eigenvalue weighted by Gasteiger charge is 2.55. The summed E-state index contributed by atoms with van der Waals surface area (Å²) in [6.07, 6.45) is 0.503. The SMILES string of the molecule is COc1ccc([C@@H]2CC(c3ccc4ccccc4c3)=NN2C(=O)CN2N=N[C@H]3C(=O)N(c4ccccc4)C(=O)[C@@H]32)cc1. The highest BCUT2D eigenvalue weighted by molar-refractivity contribution is 6.25. The summed E-state index contributed by atoms with van der Waals surface area (Å²) in [7, 11) is 1.60. The molecule has 3 amide bonds. The topological polar surface area (TPSA) is 107 Å². The van der Waals surface area contributed by atoms with Crippen LogP contribution in [0, 0.1) is 0 Å². The Kier molecular flexibility index (Phi) is 6.23. The molecule has 3 aliphatic heterocycles. The number of hydrogen-bond acceptors (Lipinski definition) is 8. The Balaban J connectivity index is 1.18. The first-order valence-electron chi connectivity index (χ1n) is 13.6. The number of ether oxygens (including phenoxy) is 1. The number of rotatable bonds is 6. The molecule has 42 heavy (non-hydrogen) atoms. The minimum atomic E-state index is -0.988. The molecule has 0 unspecified atom stereocenters. The van der Waals surface area contributed by atoms with Gasteiger partial charge in [0.15, 0.2) is 12.1 Å². The van der Waals surface area contributed by atoms with E-state index in [9.17, 15) is 14.4 Å². The Hall–Kier alpha value is -5.38. The number of carbonyl (C=O) groups is 3. The molecule has 1 fully saturated rings. The number of benzene rings is 4. The number of methoxy groups -OCH3 is 1. The number of carbonyl (C=O) groups excluding carboxylic acids is 3. The van der Waals surface area contributed by atoms with Crippen LogP contribution in [0.2, 0.25) is 0 Å². The van der Waals surface area contributed by atoms with Gasteiger partial charge in [0.25, 0.3) is 17.7 Å². The molecule has 3 aliphatic rings. The first-order chi connectivity index (χ1) is 20.5. The lowest BCUT2D eigenvalue weighted by Crippen LogP contribution is -2.44. The zero-order chi connectivity index (χ0) is 28.8. The summed E-state index contributed by atoms with van der Waals surface area (Å²) in [5.74, 6) is -0.558. The summed E-state index contributed by atoms with van der Waals surface area (Å²) in [6, 6.07) is 28.1. The quantitative estimate of drug-likeness (QED) is 0.324. The zero-order valence-electron chi connectivity index (χ0n) is 22.7. The van der Waals surface area contributed by atoms with E-state index in [2.05, 4.69) is 22.5 Å². The minimum Gasteiger partial charge on any atom is -0.497 e. The van der Waals surface area contributed by atoms with Crippen LogP contribution in [0.4, 0.5) is 5.69 Å². The summed E-state index contributed by atoms with van der Waals surface area (Å²) in [6.45, 7) is -0.256. The number of para-hydroxylation sites is 1. The van der Waals surface area contributed by atoms with E-state index in [1.165, 1.54) is 10.0 Å². The van der Waals surface area contributed by atoms with Crippen LogP contribution in [0.25, 0.3) is 10.8 Å². The van der Waals surface area contributed by atoms with Crippen LogP contribution in [0.3, 0.4) is 0 Å². The van der Waals surface area contributed by atoms with E-state index in [1.807, 2.05) is 60.7 Å². The lowest BCUT2D eigenvalue weighted by Gasteiger charge is -2.25. The Morgan fingerprint density at radius 1 is 0.881 bits per heavy atom. The molecule has 0 saturated carbocycles. The van der Waals surface area contributed by atoms with Gasteiger partial charge in [-0.2, -0.15) is 10.2 Å². The second kappa shape index (κ2) is 10.2. The maximum absolute atomic E-state index is 13.9. The summed E-state index contributed by atoms with van der Waals surface area (Å²) in [5.41, 5.74) is 3.07. The van der Waals surface area contributed by atoms with E-state index in [-0.39, 0.29) is 18.5 Å². The number of imide groups is 1. The van der Waals surface area contributed by atoms with Crippen molar-refractivity contribution in [2.45, 2.75) is 24.5 Å². The van der Waals surface area contributed by atoms with Gasteiger partial charge in [0.1, 0.15) is 12.3 Å². The van der Waals surface area contributed by atoms with Gasteiger partial charge in [-0.3, -0.25) is 19.4 Å². The molecule has 0 aromatic heterocycles. The van der Waals surface area contributed by atoms with Crippen LogP contribution < -0.4 is 9.64 Å². The average molecular weight is 559 g/mol. The molecule has 4 aromatic carbocycles. The molecule has 0 N–H and O–H groups in total. The van der Waals surface area contributed by atoms with Gasteiger partial charge in [-0.15, -0.1) is 0 Å². The molecule has 208 valence electrons. The van der Waals surface area contributed by atoms with Crippen molar-refractivity contribution in [3.63, 3.8) is 0 Å². The molecular weight excluding hydrogens is 532 g/mol. The minimum absolute atomic E-state index is 0.256. The molecule has 4 aromatic rings. The molecule has 1 saturated heterocycles. The van der Waals surface area contributed by atoms with Crippen molar-refractivity contribution in [3.05, 3.63) is 108 Å². The second-order valence-electron chi connectivity index (χ2n) is 10.4. The van der Waals surface area contributed by atoms with Gasteiger partial charge in [0, 0.05) is 6.42 Å². The third kappa shape index (κ3) is 4.28. The van der Waals surface area contributed by atoms with Gasteiger partial charge in [-0.05, 0) is 52.2 Å². The largest absolute Gasteiger partial charge is 0.497 e. The fraction of sp³-hybridized carbons (Fsp3) is 0.188. The van der Waals surface area contributed by atoms with Crippen LogP contribution in [0.1, 0.15) is 23.6 Å². The van der Waals surface area contributed by atoms with E-state index in [1.54, 1.807) is 31.4 Å². The Morgan fingerprint density at radius 2 is 1.62 bits per heavy atom. The number of amides is 3. The first kappa shape index (κ1) is 25.6. The van der Waals surface area contributed by atoms with Crippen molar-refractivity contribution in [3.8, 4) is 5.75 Å². The maximum atomic E-state index is 13.9. The molecule has 7 rings (SSSR count). The zero-order valence-corrected chi connectivity index (χ0v) is 22.7.